The van der Waals surface area contributed by atoms with Crippen LogP contribution in [-0.4, -0.2) is 41.3 Å². The molecule has 1 atom stereocenters. The highest BCUT2D eigenvalue weighted by Crippen LogP contribution is 2.20. The molecular formula is C13H16ClN5O2. The molecule has 2 aromatic heterocycles. The molecule has 3 heterocycles. The Morgan fingerprint density at radius 1 is 1.29 bits per heavy atom. The average Bonchev–Trinajstić information content (AvgIpc) is 3.02. The summed E-state index contributed by atoms with van der Waals surface area (Å²) in [5.41, 5.74) is 0. The van der Waals surface area contributed by atoms with Crippen LogP contribution in [0.5, 0.6) is 0 Å². The van der Waals surface area contributed by atoms with Crippen LogP contribution in [0.1, 0.15) is 18.7 Å². The molecule has 1 fully saturated rings. The highest BCUT2D eigenvalue weighted by Gasteiger charge is 2.17. The molecule has 0 bridgehead atoms. The monoisotopic (exact) mass is 309 g/mol. The summed E-state index contributed by atoms with van der Waals surface area (Å²) in [7, 11) is 0. The fourth-order valence-electron chi connectivity index (χ4n) is 2.11. The fourth-order valence-corrected chi connectivity index (χ4v) is 2.27. The zero-order chi connectivity index (χ0) is 14.7. The Morgan fingerprint density at radius 3 is 2.81 bits per heavy atom. The Kier molecular flexibility index (Phi) is 4.21. The van der Waals surface area contributed by atoms with E-state index in [0.29, 0.717) is 25.1 Å². The maximum Gasteiger partial charge on any atom is 0.231 e. The first-order valence-electron chi connectivity index (χ1n) is 6.76. The third-order valence-corrected chi connectivity index (χ3v) is 3.37. The molecule has 1 aliphatic heterocycles. The normalized spacial score (nSPS) is 16.8. The lowest BCUT2D eigenvalue weighted by molar-refractivity contribution is 0.122. The topological polar surface area (TPSA) is 76.3 Å². The molecule has 0 amide bonds. The molecule has 0 saturated carbocycles. The van der Waals surface area contributed by atoms with E-state index >= 15 is 0 Å². The highest BCUT2D eigenvalue weighted by molar-refractivity contribution is 6.28. The minimum atomic E-state index is -0.0593. The van der Waals surface area contributed by atoms with Crippen LogP contribution in [0.3, 0.4) is 0 Å². The predicted octanol–water partition coefficient (Wildman–Crippen LogP) is 2.13. The van der Waals surface area contributed by atoms with Crippen molar-refractivity contribution in [3.05, 3.63) is 29.4 Å². The van der Waals surface area contributed by atoms with E-state index in [1.165, 1.54) is 0 Å². The van der Waals surface area contributed by atoms with Gasteiger partial charge < -0.3 is 19.4 Å². The number of hydrogen-bond acceptors (Lipinski definition) is 7. The molecule has 8 heteroatoms. The largest absolute Gasteiger partial charge is 0.467 e. The lowest BCUT2D eigenvalue weighted by Crippen LogP contribution is -2.37. The molecule has 3 rings (SSSR count). The van der Waals surface area contributed by atoms with Crippen LogP contribution in [0.15, 0.2) is 22.8 Å². The van der Waals surface area contributed by atoms with Gasteiger partial charge in [0, 0.05) is 13.1 Å². The smallest absolute Gasteiger partial charge is 0.231 e. The van der Waals surface area contributed by atoms with Crippen LogP contribution in [0.4, 0.5) is 11.9 Å². The molecule has 0 radical (unpaired) electrons. The van der Waals surface area contributed by atoms with Gasteiger partial charge in [-0.3, -0.25) is 0 Å². The van der Waals surface area contributed by atoms with Crippen molar-refractivity contribution in [3.8, 4) is 0 Å². The maximum absolute atomic E-state index is 5.99. The molecule has 112 valence electrons. The zero-order valence-corrected chi connectivity index (χ0v) is 12.4. The van der Waals surface area contributed by atoms with Crippen LogP contribution in [-0.2, 0) is 4.74 Å². The van der Waals surface area contributed by atoms with Gasteiger partial charge in [0.05, 0.1) is 25.5 Å². The Morgan fingerprint density at radius 2 is 2.10 bits per heavy atom. The van der Waals surface area contributed by atoms with Crippen molar-refractivity contribution >= 4 is 23.5 Å². The van der Waals surface area contributed by atoms with E-state index < -0.39 is 0 Å². The highest BCUT2D eigenvalue weighted by atomic mass is 35.5. The first-order valence-corrected chi connectivity index (χ1v) is 7.14. The Hall–Kier alpha value is -1.86. The number of rotatable bonds is 4. The van der Waals surface area contributed by atoms with Crippen LogP contribution in [0, 0.1) is 0 Å². The van der Waals surface area contributed by atoms with Gasteiger partial charge in [-0.05, 0) is 30.7 Å². The molecule has 7 nitrogen and oxygen atoms in total. The summed E-state index contributed by atoms with van der Waals surface area (Å²) in [5, 5.41) is 3.33. The van der Waals surface area contributed by atoms with Crippen LogP contribution < -0.4 is 10.2 Å². The molecule has 21 heavy (non-hydrogen) atoms. The third-order valence-electron chi connectivity index (χ3n) is 3.21. The van der Waals surface area contributed by atoms with Gasteiger partial charge in [-0.2, -0.15) is 15.0 Å². The van der Waals surface area contributed by atoms with Crippen molar-refractivity contribution in [2.45, 2.75) is 13.0 Å². The summed E-state index contributed by atoms with van der Waals surface area (Å²) in [4.78, 5) is 14.7. The number of hydrogen-bond donors (Lipinski definition) is 1. The van der Waals surface area contributed by atoms with E-state index in [1.807, 2.05) is 24.0 Å². The summed E-state index contributed by atoms with van der Waals surface area (Å²) in [6, 6.07) is 3.67. The molecule has 0 aliphatic carbocycles. The number of halogens is 1. The summed E-state index contributed by atoms with van der Waals surface area (Å²) in [5.74, 6) is 1.80. The molecule has 1 aliphatic rings. The SMILES string of the molecule is CC(Nc1nc(Cl)nc(N2CCOCC2)n1)c1ccco1. The minimum Gasteiger partial charge on any atom is -0.467 e. The number of anilines is 2. The van der Waals surface area contributed by atoms with E-state index in [2.05, 4.69) is 20.3 Å². The third kappa shape index (κ3) is 3.43. The van der Waals surface area contributed by atoms with Gasteiger partial charge in [0.15, 0.2) is 0 Å². The van der Waals surface area contributed by atoms with E-state index in [9.17, 15) is 0 Å². The summed E-state index contributed by atoms with van der Waals surface area (Å²) in [6.45, 7) is 4.77. The van der Waals surface area contributed by atoms with Crippen molar-refractivity contribution in [1.29, 1.82) is 0 Å². The molecule has 1 saturated heterocycles. The molecular weight excluding hydrogens is 294 g/mol. The number of nitrogens with zero attached hydrogens (tertiary/aromatic N) is 4. The van der Waals surface area contributed by atoms with Crippen LogP contribution in [0.2, 0.25) is 5.28 Å². The van der Waals surface area contributed by atoms with Gasteiger partial charge in [0.25, 0.3) is 0 Å². The minimum absolute atomic E-state index is 0.0593. The molecule has 0 aromatic carbocycles. The number of aromatic nitrogens is 3. The summed E-state index contributed by atoms with van der Waals surface area (Å²) >= 11 is 5.99. The predicted molar refractivity (Wildman–Crippen MR) is 78.6 cm³/mol. The van der Waals surface area contributed by atoms with Gasteiger partial charge in [-0.1, -0.05) is 0 Å². The van der Waals surface area contributed by atoms with Gasteiger partial charge >= 0.3 is 0 Å². The molecule has 1 unspecified atom stereocenters. The van der Waals surface area contributed by atoms with Crippen molar-refractivity contribution in [2.24, 2.45) is 0 Å². The van der Waals surface area contributed by atoms with Crippen molar-refractivity contribution in [3.63, 3.8) is 0 Å². The van der Waals surface area contributed by atoms with Gasteiger partial charge in [0.1, 0.15) is 5.76 Å². The first-order chi connectivity index (χ1) is 10.2. The van der Waals surface area contributed by atoms with E-state index in [-0.39, 0.29) is 11.3 Å². The van der Waals surface area contributed by atoms with Gasteiger partial charge in [0.2, 0.25) is 17.2 Å². The van der Waals surface area contributed by atoms with E-state index in [4.69, 9.17) is 20.8 Å². The van der Waals surface area contributed by atoms with Crippen molar-refractivity contribution in [2.75, 3.05) is 36.5 Å². The van der Waals surface area contributed by atoms with Crippen molar-refractivity contribution in [1.82, 2.24) is 15.0 Å². The van der Waals surface area contributed by atoms with E-state index in [0.717, 1.165) is 18.8 Å². The second-order valence-corrected chi connectivity index (χ2v) is 5.05. The second-order valence-electron chi connectivity index (χ2n) is 4.71. The lowest BCUT2D eigenvalue weighted by Gasteiger charge is -2.27. The molecule has 0 spiro atoms. The Labute approximate surface area is 127 Å². The quantitative estimate of drug-likeness (QED) is 0.927. The van der Waals surface area contributed by atoms with Gasteiger partial charge in [-0.15, -0.1) is 0 Å². The standard InChI is InChI=1S/C13H16ClN5O2/c1-9(10-3-2-6-21-10)15-12-16-11(14)17-13(18-12)19-4-7-20-8-5-19/h2-3,6,9H,4-5,7-8H2,1H3,(H,15,16,17,18). The fraction of sp³-hybridized carbons (Fsp3) is 0.462. The number of morpholine rings is 1. The molecule has 2 aromatic rings. The lowest BCUT2D eigenvalue weighted by atomic mass is 10.2. The number of ether oxygens (including phenoxy) is 1. The molecule has 1 N–H and O–H groups in total. The van der Waals surface area contributed by atoms with Crippen molar-refractivity contribution < 1.29 is 9.15 Å². The summed E-state index contributed by atoms with van der Waals surface area (Å²) < 4.78 is 10.7. The van der Waals surface area contributed by atoms with Gasteiger partial charge in [-0.25, -0.2) is 0 Å². The second kappa shape index (κ2) is 6.28. The van der Waals surface area contributed by atoms with E-state index in [1.54, 1.807) is 6.26 Å². The maximum atomic E-state index is 5.99. The van der Waals surface area contributed by atoms with Crippen LogP contribution >= 0.6 is 11.6 Å². The number of nitrogens with one attached hydrogen (secondary N) is 1. The average molecular weight is 310 g/mol. The zero-order valence-electron chi connectivity index (χ0n) is 11.6. The summed E-state index contributed by atoms with van der Waals surface area (Å²) in [6.07, 6.45) is 1.63. The van der Waals surface area contributed by atoms with Crippen LogP contribution in [0.25, 0.3) is 0 Å². The first kappa shape index (κ1) is 14.1. The number of furan rings is 1. The Bertz CT molecular complexity index is 586. The Balaban J connectivity index is 1.77.